The minimum atomic E-state index is 1.19. The Morgan fingerprint density at radius 1 is 0.167 bits per heavy atom. The van der Waals surface area contributed by atoms with Crippen LogP contribution in [0, 0.1) is 41.5 Å². The largest absolute Gasteiger partial charge is 0.0610 e. The second-order valence-corrected chi connectivity index (χ2v) is 16.6. The monoisotopic (exact) mass is 770 g/mol. The van der Waals surface area contributed by atoms with Crippen LogP contribution in [-0.2, 0) is 0 Å². The molecular weight excluding hydrogens is 721 g/mol. The van der Waals surface area contributed by atoms with Gasteiger partial charge in [0.1, 0.15) is 0 Å². The predicted octanol–water partition coefficient (Wildman–Crippen LogP) is 16.9. The van der Waals surface area contributed by atoms with E-state index in [9.17, 15) is 0 Å². The van der Waals surface area contributed by atoms with Gasteiger partial charge in [-0.15, -0.1) is 0 Å². The third-order valence-corrected chi connectivity index (χ3v) is 12.0. The summed E-state index contributed by atoms with van der Waals surface area (Å²) in [7, 11) is 0. The molecule has 0 amide bonds. The van der Waals surface area contributed by atoms with E-state index in [4.69, 9.17) is 0 Å². The number of hydrogen-bond acceptors (Lipinski definition) is 0. The molecule has 0 atom stereocenters. The molecule has 0 heteroatoms. The van der Waals surface area contributed by atoms with Crippen molar-refractivity contribution < 1.29 is 0 Å². The quantitative estimate of drug-likeness (QED) is 0.144. The summed E-state index contributed by atoms with van der Waals surface area (Å²) in [5, 5.41) is 0. The Labute approximate surface area is 356 Å². The average Bonchev–Trinajstić information content (AvgIpc) is 3.27. The summed E-state index contributed by atoms with van der Waals surface area (Å²) in [6.45, 7) is 13.0. The van der Waals surface area contributed by atoms with E-state index in [0.29, 0.717) is 0 Å². The summed E-state index contributed by atoms with van der Waals surface area (Å²) in [5.41, 5.74) is 26.9. The highest BCUT2D eigenvalue weighted by molar-refractivity contribution is 6.08. The zero-order valence-corrected chi connectivity index (χ0v) is 35.5. The number of benzene rings is 9. The van der Waals surface area contributed by atoms with Gasteiger partial charge in [-0.3, -0.25) is 0 Å². The molecule has 9 aromatic rings. The van der Waals surface area contributed by atoms with Crippen molar-refractivity contribution in [2.45, 2.75) is 41.5 Å². The van der Waals surface area contributed by atoms with E-state index in [1.165, 1.54) is 122 Å². The number of hydrogen-bond donors (Lipinski definition) is 0. The fraction of sp³-hybridized carbons (Fsp3) is 0.100. The van der Waals surface area contributed by atoms with Crippen LogP contribution < -0.4 is 0 Å². The highest BCUT2D eigenvalue weighted by Gasteiger charge is 2.25. The van der Waals surface area contributed by atoms with Crippen LogP contribution in [0.1, 0.15) is 33.4 Å². The van der Waals surface area contributed by atoms with Crippen LogP contribution in [0.4, 0.5) is 0 Å². The van der Waals surface area contributed by atoms with Gasteiger partial charge in [0, 0.05) is 0 Å². The third kappa shape index (κ3) is 7.54. The van der Waals surface area contributed by atoms with Crippen molar-refractivity contribution in [2.24, 2.45) is 0 Å². The molecule has 0 aliphatic carbocycles. The Hall–Kier alpha value is -7.02. The molecule has 0 spiro atoms. The van der Waals surface area contributed by atoms with Crippen LogP contribution >= 0.6 is 0 Å². The highest BCUT2D eigenvalue weighted by atomic mass is 14.3. The molecule has 9 rings (SSSR count). The van der Waals surface area contributed by atoms with Crippen molar-refractivity contribution in [1.82, 2.24) is 0 Å². The summed E-state index contributed by atoms with van der Waals surface area (Å²) < 4.78 is 0. The van der Waals surface area contributed by atoms with Crippen LogP contribution in [0.25, 0.3) is 89.0 Å². The van der Waals surface area contributed by atoms with Gasteiger partial charge in [0.25, 0.3) is 0 Å². The van der Waals surface area contributed by atoms with Crippen LogP contribution in [0.3, 0.4) is 0 Å². The second kappa shape index (κ2) is 16.3. The lowest BCUT2D eigenvalue weighted by molar-refractivity contribution is 1.44. The molecular formula is C60H50. The van der Waals surface area contributed by atoms with E-state index in [-0.39, 0.29) is 0 Å². The lowest BCUT2D eigenvalue weighted by Crippen LogP contribution is -1.99. The SMILES string of the molecule is Cc1ccc(-c2cccc(-c3ccc(-c4cccc(-c5ccc(C)cc5)c4-c4ccc(C)cc4)c(-c4ccc(C)cc4)c3-c3ccc(C)cc3)c2-c2ccc(C)cc2)cc1. The Morgan fingerprint density at radius 2 is 0.367 bits per heavy atom. The standard InChI is InChI=1S/C60H50/c1-39-13-25-45(26-14-39)51-9-7-11-53(57(51)47-29-17-41(3)18-30-47)55-37-38-56(60(50-35-23-44(6)24-36-50)59(55)49-33-21-43(5)22-34-49)54-12-8-10-52(46-27-15-40(2)16-28-46)58(54)48-31-19-42(4)20-32-48/h7-38H,1-6H3. The molecule has 0 aliphatic heterocycles. The zero-order valence-electron chi connectivity index (χ0n) is 35.5. The van der Waals surface area contributed by atoms with Crippen molar-refractivity contribution in [1.29, 1.82) is 0 Å². The van der Waals surface area contributed by atoms with Gasteiger partial charge in [-0.1, -0.05) is 228 Å². The highest BCUT2D eigenvalue weighted by Crippen LogP contribution is 2.51. The summed E-state index contributed by atoms with van der Waals surface area (Å²) in [4.78, 5) is 0. The second-order valence-electron chi connectivity index (χ2n) is 16.6. The average molecular weight is 771 g/mol. The van der Waals surface area contributed by atoms with Crippen LogP contribution in [0.15, 0.2) is 194 Å². The Morgan fingerprint density at radius 3 is 0.633 bits per heavy atom. The number of rotatable bonds is 8. The fourth-order valence-electron chi connectivity index (χ4n) is 8.66. The smallest absolute Gasteiger partial charge is 0.00203 e. The fourth-order valence-corrected chi connectivity index (χ4v) is 8.66. The first kappa shape index (κ1) is 38.5. The first-order valence-electron chi connectivity index (χ1n) is 21.1. The first-order chi connectivity index (χ1) is 29.2. The van der Waals surface area contributed by atoms with Crippen molar-refractivity contribution in [3.05, 3.63) is 228 Å². The summed E-state index contributed by atoms with van der Waals surface area (Å²) >= 11 is 0. The molecule has 0 heterocycles. The molecule has 0 N–H and O–H groups in total. The van der Waals surface area contributed by atoms with E-state index >= 15 is 0 Å². The van der Waals surface area contributed by atoms with Gasteiger partial charge in [0.2, 0.25) is 0 Å². The maximum atomic E-state index is 2.39. The van der Waals surface area contributed by atoms with E-state index in [1.807, 2.05) is 0 Å². The molecule has 60 heavy (non-hydrogen) atoms. The topological polar surface area (TPSA) is 0 Å². The van der Waals surface area contributed by atoms with Crippen LogP contribution in [0.2, 0.25) is 0 Å². The Balaban J connectivity index is 1.42. The molecule has 9 aromatic carbocycles. The first-order valence-corrected chi connectivity index (χ1v) is 21.1. The molecule has 0 aromatic heterocycles. The van der Waals surface area contributed by atoms with E-state index < -0.39 is 0 Å². The van der Waals surface area contributed by atoms with Gasteiger partial charge in [-0.25, -0.2) is 0 Å². The third-order valence-electron chi connectivity index (χ3n) is 12.0. The van der Waals surface area contributed by atoms with Crippen molar-refractivity contribution in [3.63, 3.8) is 0 Å². The molecule has 0 aliphatic rings. The predicted molar refractivity (Wildman–Crippen MR) is 258 cm³/mol. The van der Waals surface area contributed by atoms with E-state index in [0.717, 1.165) is 0 Å². The summed E-state index contributed by atoms with van der Waals surface area (Å²) in [6, 6.07) is 72.8. The van der Waals surface area contributed by atoms with Gasteiger partial charge in [-0.2, -0.15) is 0 Å². The molecule has 0 saturated heterocycles. The molecule has 290 valence electrons. The summed E-state index contributed by atoms with van der Waals surface area (Å²) in [6.07, 6.45) is 0. The molecule has 0 nitrogen and oxygen atoms in total. The van der Waals surface area contributed by atoms with Gasteiger partial charge < -0.3 is 0 Å². The van der Waals surface area contributed by atoms with E-state index in [1.54, 1.807) is 0 Å². The molecule has 0 fully saturated rings. The summed E-state index contributed by atoms with van der Waals surface area (Å²) in [5.74, 6) is 0. The lowest BCUT2D eigenvalue weighted by atomic mass is 9.78. The van der Waals surface area contributed by atoms with Gasteiger partial charge >= 0.3 is 0 Å². The minimum Gasteiger partial charge on any atom is -0.0610 e. The van der Waals surface area contributed by atoms with Crippen molar-refractivity contribution in [3.8, 4) is 89.0 Å². The number of aryl methyl sites for hydroxylation is 6. The maximum absolute atomic E-state index is 2.39. The molecule has 0 saturated carbocycles. The van der Waals surface area contributed by atoms with Gasteiger partial charge in [0.05, 0.1) is 0 Å². The zero-order chi connectivity index (χ0) is 41.3. The van der Waals surface area contributed by atoms with Crippen molar-refractivity contribution >= 4 is 0 Å². The molecule has 0 bridgehead atoms. The Kier molecular flexibility index (Phi) is 10.5. The van der Waals surface area contributed by atoms with Crippen molar-refractivity contribution in [2.75, 3.05) is 0 Å². The normalized spacial score (nSPS) is 11.2. The minimum absolute atomic E-state index is 1.19. The maximum Gasteiger partial charge on any atom is -0.00203 e. The molecule has 0 radical (unpaired) electrons. The van der Waals surface area contributed by atoms with E-state index in [2.05, 4.69) is 236 Å². The van der Waals surface area contributed by atoms with Gasteiger partial charge in [-0.05, 0) is 131 Å². The van der Waals surface area contributed by atoms with Crippen LogP contribution in [0.5, 0.6) is 0 Å². The van der Waals surface area contributed by atoms with Crippen LogP contribution in [-0.4, -0.2) is 0 Å². The van der Waals surface area contributed by atoms with Gasteiger partial charge in [0.15, 0.2) is 0 Å². The lowest BCUT2D eigenvalue weighted by Gasteiger charge is -2.25. The Bertz CT molecular complexity index is 2740. The molecule has 0 unspecified atom stereocenters.